The quantitative estimate of drug-likeness (QED) is 0.715. The van der Waals surface area contributed by atoms with Gasteiger partial charge in [-0.05, 0) is 56.3 Å². The van der Waals surface area contributed by atoms with Crippen molar-refractivity contribution in [2.75, 3.05) is 19.7 Å². The van der Waals surface area contributed by atoms with Gasteiger partial charge in [-0.1, -0.05) is 19.3 Å². The number of aliphatic hydroxyl groups is 1. The summed E-state index contributed by atoms with van der Waals surface area (Å²) in [6.07, 6.45) is 10.8. The van der Waals surface area contributed by atoms with Crippen molar-refractivity contribution in [3.63, 3.8) is 0 Å². The number of carbonyl (C=O) groups is 2. The fraction of sp³-hybridized carbons (Fsp3) is 0.900. The summed E-state index contributed by atoms with van der Waals surface area (Å²) in [6, 6.07) is 0.135. The minimum atomic E-state index is -0.0928. The summed E-state index contributed by atoms with van der Waals surface area (Å²) in [5.74, 6) is 2.48. The van der Waals surface area contributed by atoms with Crippen LogP contribution in [-0.2, 0) is 4.79 Å². The number of likely N-dealkylation sites (tertiary alicyclic amines) is 1. The first-order chi connectivity index (χ1) is 12.6. The highest BCUT2D eigenvalue weighted by Crippen LogP contribution is 2.55. The number of fused-ring (bicyclic) bond motifs is 2. The normalized spacial score (nSPS) is 36.7. The molecule has 0 aromatic heterocycles. The van der Waals surface area contributed by atoms with Crippen LogP contribution in [0.4, 0.5) is 4.79 Å². The number of carbonyl (C=O) groups excluding carboxylic acids is 2. The van der Waals surface area contributed by atoms with E-state index in [9.17, 15) is 9.59 Å². The van der Waals surface area contributed by atoms with Crippen molar-refractivity contribution in [1.29, 1.82) is 0 Å². The van der Waals surface area contributed by atoms with Crippen molar-refractivity contribution in [1.82, 2.24) is 15.5 Å². The smallest absolute Gasteiger partial charge is 0.315 e. The molecule has 4 rings (SSSR count). The lowest BCUT2D eigenvalue weighted by Crippen LogP contribution is -2.56. The van der Waals surface area contributed by atoms with Crippen LogP contribution in [0.25, 0.3) is 0 Å². The van der Waals surface area contributed by atoms with E-state index in [0.717, 1.165) is 30.6 Å². The number of amides is 3. The average Bonchev–Trinajstić information content (AvgIpc) is 2.75. The van der Waals surface area contributed by atoms with Crippen LogP contribution in [0.5, 0.6) is 0 Å². The minimum absolute atomic E-state index is 0.00856. The predicted octanol–water partition coefficient (Wildman–Crippen LogP) is 2.02. The van der Waals surface area contributed by atoms with E-state index in [2.05, 4.69) is 10.6 Å². The Kier molecular flexibility index (Phi) is 5.13. The number of urea groups is 1. The maximum atomic E-state index is 12.7. The molecule has 0 spiro atoms. The van der Waals surface area contributed by atoms with Crippen LogP contribution in [0.1, 0.15) is 64.2 Å². The van der Waals surface area contributed by atoms with Crippen molar-refractivity contribution in [2.45, 2.75) is 75.8 Å². The molecule has 1 saturated heterocycles. The van der Waals surface area contributed by atoms with Crippen LogP contribution >= 0.6 is 0 Å². The summed E-state index contributed by atoms with van der Waals surface area (Å²) < 4.78 is 0. The maximum Gasteiger partial charge on any atom is 0.315 e. The zero-order valence-electron chi connectivity index (χ0n) is 15.7. The van der Waals surface area contributed by atoms with E-state index in [1.807, 2.05) is 0 Å². The lowest BCUT2D eigenvalue weighted by atomic mass is 9.75. The van der Waals surface area contributed by atoms with Crippen LogP contribution < -0.4 is 10.6 Å². The van der Waals surface area contributed by atoms with Gasteiger partial charge in [0, 0.05) is 31.1 Å². The number of nitrogens with one attached hydrogen (secondary N) is 2. The average molecular weight is 364 g/mol. The Morgan fingerprint density at radius 3 is 2.58 bits per heavy atom. The first-order valence-corrected chi connectivity index (χ1v) is 10.5. The van der Waals surface area contributed by atoms with E-state index in [1.165, 1.54) is 44.9 Å². The second-order valence-electron chi connectivity index (χ2n) is 9.17. The molecule has 0 radical (unpaired) electrons. The monoisotopic (exact) mass is 363 g/mol. The van der Waals surface area contributed by atoms with Crippen molar-refractivity contribution < 1.29 is 14.7 Å². The third-order valence-electron chi connectivity index (χ3n) is 7.36. The van der Waals surface area contributed by atoms with Gasteiger partial charge in [0.1, 0.15) is 0 Å². The second-order valence-corrected chi connectivity index (χ2v) is 9.17. The van der Waals surface area contributed by atoms with Crippen molar-refractivity contribution in [3.8, 4) is 0 Å². The number of hydrogen-bond acceptors (Lipinski definition) is 3. The Bertz CT molecular complexity index is 542. The van der Waals surface area contributed by atoms with Gasteiger partial charge >= 0.3 is 6.03 Å². The molecule has 6 nitrogen and oxygen atoms in total. The molecule has 4 fully saturated rings. The minimum Gasteiger partial charge on any atom is -0.396 e. The number of nitrogens with zero attached hydrogens (tertiary/aromatic N) is 1. The Hall–Kier alpha value is -1.30. The molecule has 0 aromatic carbocycles. The molecule has 6 heteroatoms. The van der Waals surface area contributed by atoms with Gasteiger partial charge in [0.25, 0.3) is 0 Å². The molecular weight excluding hydrogens is 330 g/mol. The van der Waals surface area contributed by atoms with E-state index >= 15 is 0 Å². The molecule has 0 aromatic rings. The lowest BCUT2D eigenvalue weighted by molar-refractivity contribution is -0.132. The first kappa shape index (κ1) is 18.1. The van der Waals surface area contributed by atoms with E-state index in [1.54, 1.807) is 4.90 Å². The molecule has 3 N–H and O–H groups in total. The van der Waals surface area contributed by atoms with Crippen LogP contribution in [-0.4, -0.2) is 53.2 Å². The Morgan fingerprint density at radius 2 is 1.81 bits per heavy atom. The highest BCUT2D eigenvalue weighted by atomic mass is 16.3. The standard InChI is InChI=1S/C20H33N3O3/c24-9-6-18(25)23-7-4-17(5-8-23)21-19(26)22-20-11-14-2-1-3-15(12-20)16(10-14)13-20/h14-17,24H,1-13H2,(H2,21,22,26). The van der Waals surface area contributed by atoms with Crippen LogP contribution in [0, 0.1) is 17.8 Å². The van der Waals surface area contributed by atoms with Gasteiger partial charge in [-0.3, -0.25) is 4.79 Å². The molecule has 1 heterocycles. The zero-order chi connectivity index (χ0) is 18.1. The van der Waals surface area contributed by atoms with E-state index in [0.29, 0.717) is 13.1 Å². The van der Waals surface area contributed by atoms with E-state index in [4.69, 9.17) is 5.11 Å². The molecule has 3 amide bonds. The summed E-state index contributed by atoms with van der Waals surface area (Å²) in [6.45, 7) is 1.24. The van der Waals surface area contributed by atoms with Gasteiger partial charge in [0.15, 0.2) is 0 Å². The molecule has 4 unspecified atom stereocenters. The number of piperidine rings is 1. The zero-order valence-corrected chi connectivity index (χ0v) is 15.7. The third kappa shape index (κ3) is 3.71. The second kappa shape index (κ2) is 7.37. The van der Waals surface area contributed by atoms with E-state index < -0.39 is 0 Å². The summed E-state index contributed by atoms with van der Waals surface area (Å²) in [7, 11) is 0. The van der Waals surface area contributed by atoms with Gasteiger partial charge in [0.05, 0.1) is 6.61 Å². The summed E-state index contributed by atoms with van der Waals surface area (Å²) in [5, 5.41) is 15.4. The largest absolute Gasteiger partial charge is 0.396 e. The number of aliphatic hydroxyl groups excluding tert-OH is 1. The van der Waals surface area contributed by atoms with Crippen LogP contribution in [0.15, 0.2) is 0 Å². The molecule has 1 aliphatic heterocycles. The Labute approximate surface area is 156 Å². The highest BCUT2D eigenvalue weighted by Gasteiger charge is 2.52. The fourth-order valence-electron chi connectivity index (χ4n) is 6.30. The Balaban J connectivity index is 1.27. The molecule has 3 bridgehead atoms. The summed E-state index contributed by atoms with van der Waals surface area (Å²) >= 11 is 0. The van der Waals surface area contributed by atoms with Gasteiger partial charge in [0.2, 0.25) is 5.91 Å². The summed E-state index contributed by atoms with van der Waals surface area (Å²) in [5.41, 5.74) is 0.0422. The molecule has 3 saturated carbocycles. The molecule has 26 heavy (non-hydrogen) atoms. The first-order valence-electron chi connectivity index (χ1n) is 10.5. The summed E-state index contributed by atoms with van der Waals surface area (Å²) in [4.78, 5) is 26.3. The van der Waals surface area contributed by atoms with Crippen molar-refractivity contribution >= 4 is 11.9 Å². The van der Waals surface area contributed by atoms with Gasteiger partial charge in [-0.15, -0.1) is 0 Å². The van der Waals surface area contributed by atoms with Gasteiger partial charge < -0.3 is 20.6 Å². The molecular formula is C20H33N3O3. The molecule has 3 aliphatic carbocycles. The van der Waals surface area contributed by atoms with E-state index in [-0.39, 0.29) is 36.5 Å². The van der Waals surface area contributed by atoms with Crippen molar-refractivity contribution in [2.24, 2.45) is 17.8 Å². The molecule has 146 valence electrons. The van der Waals surface area contributed by atoms with Crippen LogP contribution in [0.3, 0.4) is 0 Å². The maximum absolute atomic E-state index is 12.7. The van der Waals surface area contributed by atoms with Crippen molar-refractivity contribution in [3.05, 3.63) is 0 Å². The van der Waals surface area contributed by atoms with Crippen LogP contribution in [0.2, 0.25) is 0 Å². The number of rotatable bonds is 4. The molecule has 4 atom stereocenters. The van der Waals surface area contributed by atoms with Gasteiger partial charge in [-0.2, -0.15) is 0 Å². The third-order valence-corrected chi connectivity index (χ3v) is 7.36. The fourth-order valence-corrected chi connectivity index (χ4v) is 6.30. The lowest BCUT2D eigenvalue weighted by Gasteiger charge is -2.39. The number of hydrogen-bond donors (Lipinski definition) is 3. The van der Waals surface area contributed by atoms with Gasteiger partial charge in [-0.25, -0.2) is 4.79 Å². The highest BCUT2D eigenvalue weighted by molar-refractivity contribution is 5.77. The predicted molar refractivity (Wildman–Crippen MR) is 98.5 cm³/mol. The SMILES string of the molecule is O=C(NC1CCN(C(=O)CCO)CC1)NC12CC3CCCC(C1)C(C3)C2. The topological polar surface area (TPSA) is 81.7 Å². The molecule has 4 aliphatic rings. The Morgan fingerprint density at radius 1 is 1.04 bits per heavy atom.